The maximum atomic E-state index is 13.5. The smallest absolute Gasteiger partial charge is 0.269 e. The molecule has 4 rings (SSSR count). The third-order valence-electron chi connectivity index (χ3n) is 5.34. The molecule has 0 aromatic carbocycles. The van der Waals surface area contributed by atoms with Crippen molar-refractivity contribution in [1.29, 1.82) is 0 Å². The summed E-state index contributed by atoms with van der Waals surface area (Å²) in [5.41, 5.74) is 0.842. The zero-order valence-electron chi connectivity index (χ0n) is 17.8. The largest absolute Gasteiger partial charge is 0.488 e. The number of amides is 1. The molecule has 11 heteroatoms. The average molecular weight is 450 g/mol. The molecular formula is C21H24F2N4O5. The van der Waals surface area contributed by atoms with E-state index in [2.05, 4.69) is 9.97 Å². The first-order valence-corrected chi connectivity index (χ1v) is 10.2. The van der Waals surface area contributed by atoms with E-state index in [0.29, 0.717) is 55.7 Å². The molecule has 2 aromatic rings. The number of ether oxygens (including phenoxy) is 4. The first-order valence-electron chi connectivity index (χ1n) is 10.2. The zero-order valence-corrected chi connectivity index (χ0v) is 17.8. The Morgan fingerprint density at radius 2 is 2.09 bits per heavy atom. The van der Waals surface area contributed by atoms with Gasteiger partial charge in [0.25, 0.3) is 6.43 Å². The molecule has 0 unspecified atom stereocenters. The fraction of sp³-hybridized carbons (Fsp3) is 0.476. The zero-order chi connectivity index (χ0) is 22.7. The van der Waals surface area contributed by atoms with Crippen LogP contribution >= 0.6 is 0 Å². The summed E-state index contributed by atoms with van der Waals surface area (Å²) in [6, 6.07) is 3.07. The number of pyridine rings is 2. The predicted molar refractivity (Wildman–Crippen MR) is 110 cm³/mol. The SMILES string of the molecule is COCC(=O)N1CC[C@H](Oc2cc3c(cn2)OCCN3c2cnc(OC)c(C(F)F)c2)C1. The second-order valence-corrected chi connectivity index (χ2v) is 7.38. The van der Waals surface area contributed by atoms with Gasteiger partial charge in [0.2, 0.25) is 17.7 Å². The Morgan fingerprint density at radius 3 is 2.84 bits per heavy atom. The van der Waals surface area contributed by atoms with Crippen LogP contribution in [0.4, 0.5) is 20.2 Å². The summed E-state index contributed by atoms with van der Waals surface area (Å²) in [5, 5.41) is 0. The number of halogens is 2. The first kappa shape index (κ1) is 22.0. The van der Waals surface area contributed by atoms with Crippen molar-refractivity contribution in [3.05, 3.63) is 30.1 Å². The average Bonchev–Trinajstić information content (AvgIpc) is 3.27. The number of alkyl halides is 2. The Bertz CT molecular complexity index is 977. The van der Waals surface area contributed by atoms with Gasteiger partial charge in [-0.3, -0.25) is 4.79 Å². The fourth-order valence-corrected chi connectivity index (χ4v) is 3.80. The lowest BCUT2D eigenvalue weighted by molar-refractivity contribution is -0.134. The van der Waals surface area contributed by atoms with Crippen molar-refractivity contribution in [3.8, 4) is 17.5 Å². The fourth-order valence-electron chi connectivity index (χ4n) is 3.80. The highest BCUT2D eigenvalue weighted by Crippen LogP contribution is 2.40. The summed E-state index contributed by atoms with van der Waals surface area (Å²) in [5.74, 6) is 0.686. The molecule has 1 fully saturated rings. The molecule has 2 aliphatic rings. The molecule has 1 atom stereocenters. The van der Waals surface area contributed by atoms with Crippen LogP contribution in [0.1, 0.15) is 18.4 Å². The first-order chi connectivity index (χ1) is 15.5. The van der Waals surface area contributed by atoms with E-state index in [1.54, 1.807) is 17.2 Å². The molecule has 0 N–H and O–H groups in total. The maximum absolute atomic E-state index is 13.5. The van der Waals surface area contributed by atoms with Crippen LogP contribution in [0.5, 0.6) is 17.5 Å². The molecule has 9 nitrogen and oxygen atoms in total. The van der Waals surface area contributed by atoms with Gasteiger partial charge < -0.3 is 28.7 Å². The number of likely N-dealkylation sites (tertiary alicyclic amines) is 1. The maximum Gasteiger partial charge on any atom is 0.269 e. The van der Waals surface area contributed by atoms with Crippen LogP contribution in [0.25, 0.3) is 0 Å². The Morgan fingerprint density at radius 1 is 1.25 bits per heavy atom. The van der Waals surface area contributed by atoms with Crippen molar-refractivity contribution in [2.24, 2.45) is 0 Å². The van der Waals surface area contributed by atoms with Gasteiger partial charge in [0.05, 0.1) is 49.5 Å². The molecule has 0 radical (unpaired) electrons. The second kappa shape index (κ2) is 9.51. The number of fused-ring (bicyclic) bond motifs is 1. The van der Waals surface area contributed by atoms with Gasteiger partial charge in [0.15, 0.2) is 5.75 Å². The number of aromatic nitrogens is 2. The number of anilines is 2. The van der Waals surface area contributed by atoms with Crippen LogP contribution in [0.3, 0.4) is 0 Å². The monoisotopic (exact) mass is 450 g/mol. The molecule has 2 aliphatic heterocycles. The lowest BCUT2D eigenvalue weighted by Crippen LogP contribution is -2.33. The van der Waals surface area contributed by atoms with E-state index >= 15 is 0 Å². The Labute approximate surface area is 183 Å². The van der Waals surface area contributed by atoms with Crippen LogP contribution in [0, 0.1) is 0 Å². The van der Waals surface area contributed by atoms with Gasteiger partial charge in [-0.25, -0.2) is 18.7 Å². The van der Waals surface area contributed by atoms with Gasteiger partial charge in [-0.15, -0.1) is 0 Å². The van der Waals surface area contributed by atoms with E-state index in [-0.39, 0.29) is 30.1 Å². The predicted octanol–water partition coefficient (Wildman–Crippen LogP) is 2.58. The lowest BCUT2D eigenvalue weighted by Gasteiger charge is -2.31. The van der Waals surface area contributed by atoms with E-state index in [0.717, 1.165) is 0 Å². The number of nitrogens with zero attached hydrogens (tertiary/aromatic N) is 4. The van der Waals surface area contributed by atoms with E-state index < -0.39 is 6.43 Å². The van der Waals surface area contributed by atoms with Crippen molar-refractivity contribution in [1.82, 2.24) is 14.9 Å². The number of methoxy groups -OCH3 is 2. The van der Waals surface area contributed by atoms with Crippen molar-refractivity contribution < 1.29 is 32.5 Å². The summed E-state index contributed by atoms with van der Waals surface area (Å²) in [6.07, 6.45) is 0.781. The minimum atomic E-state index is -2.72. The highest BCUT2D eigenvalue weighted by atomic mass is 19.3. The van der Waals surface area contributed by atoms with Gasteiger partial charge in [-0.05, 0) is 6.07 Å². The summed E-state index contributed by atoms with van der Waals surface area (Å²) in [7, 11) is 2.79. The molecule has 1 amide bonds. The molecule has 172 valence electrons. The van der Waals surface area contributed by atoms with E-state index in [9.17, 15) is 13.6 Å². The van der Waals surface area contributed by atoms with Crippen molar-refractivity contribution in [2.75, 3.05) is 52.0 Å². The third kappa shape index (κ3) is 4.52. The van der Waals surface area contributed by atoms with E-state index in [4.69, 9.17) is 18.9 Å². The summed E-state index contributed by atoms with van der Waals surface area (Å²) < 4.78 is 48.4. The van der Waals surface area contributed by atoms with Gasteiger partial charge in [0.1, 0.15) is 19.3 Å². The van der Waals surface area contributed by atoms with Gasteiger partial charge >= 0.3 is 0 Å². The summed E-state index contributed by atoms with van der Waals surface area (Å²) in [6.45, 7) is 1.87. The summed E-state index contributed by atoms with van der Waals surface area (Å²) in [4.78, 5) is 23.9. The Hall–Kier alpha value is -3.21. The van der Waals surface area contributed by atoms with Crippen LogP contribution < -0.4 is 19.1 Å². The Kier molecular flexibility index (Phi) is 6.54. The standard InChI is InChI=1S/C21H24F2N4O5/c1-29-12-19(28)26-4-3-14(11-26)32-18-8-16-17(10-24-18)31-6-5-27(16)13-7-15(20(22)23)21(30-2)25-9-13/h7-10,14,20H,3-6,11-12H2,1-2H3/t14-/m0/s1. The lowest BCUT2D eigenvalue weighted by atomic mass is 10.2. The van der Waals surface area contributed by atoms with Crippen molar-refractivity contribution in [3.63, 3.8) is 0 Å². The van der Waals surface area contributed by atoms with Gasteiger partial charge in [-0.2, -0.15) is 0 Å². The molecule has 0 bridgehead atoms. The topological polar surface area (TPSA) is 86.2 Å². The van der Waals surface area contributed by atoms with Crippen LogP contribution in [-0.4, -0.2) is 73.9 Å². The van der Waals surface area contributed by atoms with Crippen molar-refractivity contribution >= 4 is 17.3 Å². The molecule has 32 heavy (non-hydrogen) atoms. The van der Waals surface area contributed by atoms with E-state index in [1.165, 1.54) is 26.5 Å². The minimum Gasteiger partial charge on any atom is -0.488 e. The van der Waals surface area contributed by atoms with Crippen LogP contribution in [0.2, 0.25) is 0 Å². The van der Waals surface area contributed by atoms with Gasteiger partial charge in [-0.1, -0.05) is 0 Å². The van der Waals surface area contributed by atoms with Crippen LogP contribution in [0.15, 0.2) is 24.5 Å². The molecular weight excluding hydrogens is 426 g/mol. The second-order valence-electron chi connectivity index (χ2n) is 7.38. The Balaban J connectivity index is 1.54. The third-order valence-corrected chi connectivity index (χ3v) is 5.34. The van der Waals surface area contributed by atoms with Gasteiger partial charge in [0, 0.05) is 26.1 Å². The number of rotatable bonds is 7. The van der Waals surface area contributed by atoms with Crippen molar-refractivity contribution in [2.45, 2.75) is 19.0 Å². The molecule has 4 heterocycles. The molecule has 2 aromatic heterocycles. The molecule has 0 saturated carbocycles. The number of hydrogen-bond acceptors (Lipinski definition) is 8. The minimum absolute atomic E-state index is 0.0343. The highest BCUT2D eigenvalue weighted by Gasteiger charge is 2.29. The number of carbonyl (C=O) groups is 1. The van der Waals surface area contributed by atoms with E-state index in [1.807, 2.05) is 4.90 Å². The molecule has 1 saturated heterocycles. The quantitative estimate of drug-likeness (QED) is 0.636. The summed E-state index contributed by atoms with van der Waals surface area (Å²) >= 11 is 0. The molecule has 0 aliphatic carbocycles. The van der Waals surface area contributed by atoms with Crippen LogP contribution in [-0.2, 0) is 9.53 Å². The number of carbonyl (C=O) groups excluding carboxylic acids is 1. The molecule has 0 spiro atoms. The normalized spacial score (nSPS) is 17.8. The highest BCUT2D eigenvalue weighted by molar-refractivity contribution is 5.77. The number of hydrogen-bond donors (Lipinski definition) is 0.